The molecule has 0 saturated carbocycles. The number of rotatable bonds is 5. The molecule has 2 heterocycles. The second kappa shape index (κ2) is 7.64. The molecule has 146 valence electrons. The van der Waals surface area contributed by atoms with Crippen molar-refractivity contribution in [3.8, 4) is 29.0 Å². The molecule has 2 aromatic carbocycles. The topological polar surface area (TPSA) is 101 Å². The van der Waals surface area contributed by atoms with Gasteiger partial charge >= 0.3 is 0 Å². The van der Waals surface area contributed by atoms with Crippen molar-refractivity contribution in [3.63, 3.8) is 0 Å². The molecule has 29 heavy (non-hydrogen) atoms. The highest BCUT2D eigenvalue weighted by Gasteiger charge is 2.36. The molecule has 4 rings (SSSR count). The largest absolute Gasteiger partial charge is 0.497 e. The fourth-order valence-corrected chi connectivity index (χ4v) is 3.36. The molecule has 3 aromatic rings. The van der Waals surface area contributed by atoms with Gasteiger partial charge in [-0.1, -0.05) is 11.2 Å². The summed E-state index contributed by atoms with van der Waals surface area (Å²) >= 11 is 0. The minimum atomic E-state index is -0.213. The van der Waals surface area contributed by atoms with Crippen molar-refractivity contribution in [3.05, 3.63) is 53.9 Å². The molecule has 8 heteroatoms. The van der Waals surface area contributed by atoms with E-state index in [4.69, 9.17) is 19.3 Å². The summed E-state index contributed by atoms with van der Waals surface area (Å²) in [6.45, 7) is 0.402. The quantitative estimate of drug-likeness (QED) is 0.659. The predicted octanol–water partition coefficient (Wildman–Crippen LogP) is 3.15. The summed E-state index contributed by atoms with van der Waals surface area (Å²) < 4.78 is 16.1. The van der Waals surface area contributed by atoms with Crippen LogP contribution in [0.5, 0.6) is 11.5 Å². The van der Waals surface area contributed by atoms with E-state index in [2.05, 4.69) is 16.2 Å². The highest BCUT2D eigenvalue weighted by Crippen LogP contribution is 2.38. The molecule has 0 bridgehead atoms. The summed E-state index contributed by atoms with van der Waals surface area (Å²) in [5, 5.41) is 13.1. The highest BCUT2D eigenvalue weighted by atomic mass is 16.5. The van der Waals surface area contributed by atoms with E-state index >= 15 is 0 Å². The van der Waals surface area contributed by atoms with Crippen LogP contribution in [0.1, 0.15) is 23.7 Å². The van der Waals surface area contributed by atoms with Crippen LogP contribution in [0.15, 0.2) is 47.0 Å². The molecular formula is C21H18N4O4. The van der Waals surface area contributed by atoms with Crippen LogP contribution in [0.3, 0.4) is 0 Å². The second-order valence-electron chi connectivity index (χ2n) is 6.59. The summed E-state index contributed by atoms with van der Waals surface area (Å²) in [6, 6.07) is 14.3. The van der Waals surface area contributed by atoms with E-state index in [9.17, 15) is 4.79 Å². The van der Waals surface area contributed by atoms with Crippen LogP contribution < -0.4 is 14.4 Å². The Morgan fingerprint density at radius 1 is 1.21 bits per heavy atom. The average molecular weight is 390 g/mol. The molecule has 1 fully saturated rings. The van der Waals surface area contributed by atoms with Crippen molar-refractivity contribution >= 4 is 11.6 Å². The Morgan fingerprint density at radius 3 is 2.83 bits per heavy atom. The minimum Gasteiger partial charge on any atom is -0.497 e. The maximum Gasteiger partial charge on any atom is 0.257 e. The number of carbonyl (C=O) groups is 1. The van der Waals surface area contributed by atoms with Crippen LogP contribution in [0, 0.1) is 11.3 Å². The van der Waals surface area contributed by atoms with Gasteiger partial charge in [-0.25, -0.2) is 0 Å². The lowest BCUT2D eigenvalue weighted by Gasteiger charge is -2.20. The lowest BCUT2D eigenvalue weighted by molar-refractivity contribution is -0.117. The minimum absolute atomic E-state index is 0.0561. The number of hydrogen-bond acceptors (Lipinski definition) is 7. The molecule has 1 atom stereocenters. The molecule has 1 aromatic heterocycles. The SMILES string of the molecule is COc1ccc(OC)c(N2CC(c3noc(-c4cccc(C#N)c4)n3)CC2=O)c1. The molecule has 1 amide bonds. The van der Waals surface area contributed by atoms with Gasteiger partial charge in [-0.3, -0.25) is 4.79 Å². The first-order valence-electron chi connectivity index (χ1n) is 8.99. The van der Waals surface area contributed by atoms with E-state index in [1.807, 2.05) is 0 Å². The van der Waals surface area contributed by atoms with E-state index < -0.39 is 0 Å². The number of benzene rings is 2. The molecule has 0 N–H and O–H groups in total. The summed E-state index contributed by atoms with van der Waals surface area (Å²) in [6.07, 6.45) is 0.261. The zero-order chi connectivity index (χ0) is 20.4. The number of amides is 1. The number of nitrogens with zero attached hydrogens (tertiary/aromatic N) is 4. The first-order valence-corrected chi connectivity index (χ1v) is 8.99. The normalized spacial score (nSPS) is 16.0. The number of aromatic nitrogens is 2. The lowest BCUT2D eigenvalue weighted by atomic mass is 10.1. The van der Waals surface area contributed by atoms with Crippen LogP contribution >= 0.6 is 0 Å². The van der Waals surface area contributed by atoms with Crippen LogP contribution in [-0.2, 0) is 4.79 Å². The summed E-state index contributed by atoms with van der Waals surface area (Å²) in [5.41, 5.74) is 1.82. The number of hydrogen-bond donors (Lipinski definition) is 0. The fourth-order valence-electron chi connectivity index (χ4n) is 3.36. The van der Waals surface area contributed by atoms with E-state index in [-0.39, 0.29) is 18.2 Å². The van der Waals surface area contributed by atoms with Crippen molar-refractivity contribution < 1.29 is 18.8 Å². The Kier molecular flexibility index (Phi) is 4.87. The number of nitriles is 1. The fraction of sp³-hybridized carbons (Fsp3) is 0.238. The van der Waals surface area contributed by atoms with E-state index in [1.54, 1.807) is 61.6 Å². The van der Waals surface area contributed by atoms with Gasteiger partial charge in [0, 0.05) is 30.5 Å². The van der Waals surface area contributed by atoms with Gasteiger partial charge in [0.15, 0.2) is 5.82 Å². The van der Waals surface area contributed by atoms with Gasteiger partial charge in [0.05, 0.1) is 31.5 Å². The Morgan fingerprint density at radius 2 is 2.07 bits per heavy atom. The van der Waals surface area contributed by atoms with Gasteiger partial charge in [-0.05, 0) is 30.3 Å². The van der Waals surface area contributed by atoms with Gasteiger partial charge < -0.3 is 18.9 Å². The van der Waals surface area contributed by atoms with E-state index in [0.717, 1.165) is 0 Å². The third-order valence-electron chi connectivity index (χ3n) is 4.85. The van der Waals surface area contributed by atoms with Gasteiger partial charge in [0.25, 0.3) is 5.89 Å². The summed E-state index contributed by atoms with van der Waals surface area (Å²) in [7, 11) is 3.13. The zero-order valence-electron chi connectivity index (χ0n) is 16.0. The molecule has 0 spiro atoms. The predicted molar refractivity (Wildman–Crippen MR) is 104 cm³/mol. The number of anilines is 1. The molecule has 1 saturated heterocycles. The van der Waals surface area contributed by atoms with Crippen molar-refractivity contribution in [2.45, 2.75) is 12.3 Å². The van der Waals surface area contributed by atoms with Crippen LogP contribution in [-0.4, -0.2) is 36.8 Å². The lowest BCUT2D eigenvalue weighted by Crippen LogP contribution is -2.25. The third kappa shape index (κ3) is 3.50. The molecule has 1 aliphatic heterocycles. The monoisotopic (exact) mass is 390 g/mol. The molecule has 0 aliphatic carbocycles. The van der Waals surface area contributed by atoms with Gasteiger partial charge in [-0.15, -0.1) is 0 Å². The number of carbonyl (C=O) groups excluding carboxylic acids is 1. The molecule has 1 unspecified atom stereocenters. The summed E-state index contributed by atoms with van der Waals surface area (Å²) in [4.78, 5) is 18.8. The van der Waals surface area contributed by atoms with Gasteiger partial charge in [0.1, 0.15) is 11.5 Å². The van der Waals surface area contributed by atoms with Crippen molar-refractivity contribution in [1.29, 1.82) is 5.26 Å². The number of methoxy groups -OCH3 is 2. The maximum absolute atomic E-state index is 12.7. The van der Waals surface area contributed by atoms with Crippen LogP contribution in [0.25, 0.3) is 11.5 Å². The second-order valence-corrected chi connectivity index (χ2v) is 6.59. The maximum atomic E-state index is 12.7. The van der Waals surface area contributed by atoms with Gasteiger partial charge in [0.2, 0.25) is 5.91 Å². The molecular weight excluding hydrogens is 372 g/mol. The van der Waals surface area contributed by atoms with Crippen LogP contribution in [0.2, 0.25) is 0 Å². The standard InChI is InChI=1S/C21H18N4O4/c1-27-16-6-7-18(28-2)17(10-16)25-12-15(9-19(25)26)20-23-21(29-24-20)14-5-3-4-13(8-14)11-22/h3-8,10,15H,9,12H2,1-2H3. The smallest absolute Gasteiger partial charge is 0.257 e. The Bertz CT molecular complexity index is 1100. The first kappa shape index (κ1) is 18.5. The Labute approximate surface area is 167 Å². The molecule has 0 radical (unpaired) electrons. The third-order valence-corrected chi connectivity index (χ3v) is 4.85. The Hall–Kier alpha value is -3.86. The van der Waals surface area contributed by atoms with E-state index in [0.29, 0.717) is 46.6 Å². The first-order chi connectivity index (χ1) is 14.1. The Balaban J connectivity index is 1.59. The van der Waals surface area contributed by atoms with E-state index in [1.165, 1.54) is 0 Å². The molecule has 1 aliphatic rings. The molecule has 8 nitrogen and oxygen atoms in total. The number of ether oxygens (including phenoxy) is 2. The van der Waals surface area contributed by atoms with Crippen LogP contribution in [0.4, 0.5) is 5.69 Å². The van der Waals surface area contributed by atoms with Crippen molar-refractivity contribution in [1.82, 2.24) is 10.1 Å². The highest BCUT2D eigenvalue weighted by molar-refractivity contribution is 5.98. The summed E-state index contributed by atoms with van der Waals surface area (Å²) in [5.74, 6) is 1.73. The van der Waals surface area contributed by atoms with Gasteiger partial charge in [-0.2, -0.15) is 10.2 Å². The van der Waals surface area contributed by atoms with Crippen molar-refractivity contribution in [2.75, 3.05) is 25.7 Å². The van der Waals surface area contributed by atoms with Crippen molar-refractivity contribution in [2.24, 2.45) is 0 Å². The average Bonchev–Trinajstić information content (AvgIpc) is 3.40. The zero-order valence-corrected chi connectivity index (χ0v) is 16.0.